The standard InChI is InChI=1S/C14H16O/c15-13(7-10-5-6-10)9-12-8-11-3-1-2-4-14(11)12/h1-4,10,12H,5-9H2. The van der Waals surface area contributed by atoms with Gasteiger partial charge in [0.1, 0.15) is 5.78 Å². The molecule has 1 aromatic rings. The van der Waals surface area contributed by atoms with Crippen molar-refractivity contribution in [2.45, 2.75) is 38.0 Å². The first kappa shape index (κ1) is 9.14. The number of Topliss-reactive ketones (excluding diaryl/α,β-unsaturated/α-hetero) is 1. The van der Waals surface area contributed by atoms with Crippen molar-refractivity contribution in [2.75, 3.05) is 0 Å². The Morgan fingerprint density at radius 3 is 2.73 bits per heavy atom. The highest BCUT2D eigenvalue weighted by molar-refractivity contribution is 5.80. The maximum absolute atomic E-state index is 11.7. The molecule has 0 spiro atoms. The van der Waals surface area contributed by atoms with Crippen LogP contribution in [0.5, 0.6) is 0 Å². The molecule has 0 heterocycles. The van der Waals surface area contributed by atoms with Crippen LogP contribution < -0.4 is 0 Å². The van der Waals surface area contributed by atoms with E-state index in [0.717, 1.165) is 25.2 Å². The minimum Gasteiger partial charge on any atom is -0.300 e. The van der Waals surface area contributed by atoms with E-state index >= 15 is 0 Å². The summed E-state index contributed by atoms with van der Waals surface area (Å²) < 4.78 is 0. The second-order valence-electron chi connectivity index (χ2n) is 4.99. The van der Waals surface area contributed by atoms with Crippen LogP contribution in [0, 0.1) is 5.92 Å². The summed E-state index contributed by atoms with van der Waals surface area (Å²) in [5.74, 6) is 1.76. The van der Waals surface area contributed by atoms with Crippen molar-refractivity contribution in [3.05, 3.63) is 35.4 Å². The lowest BCUT2D eigenvalue weighted by Crippen LogP contribution is -2.20. The van der Waals surface area contributed by atoms with E-state index in [0.29, 0.717) is 11.7 Å². The molecule has 0 N–H and O–H groups in total. The predicted molar refractivity (Wildman–Crippen MR) is 59.9 cm³/mol. The number of benzene rings is 1. The van der Waals surface area contributed by atoms with Crippen LogP contribution in [0.3, 0.4) is 0 Å². The van der Waals surface area contributed by atoms with E-state index in [1.807, 2.05) is 0 Å². The molecule has 2 aliphatic carbocycles. The molecule has 1 saturated carbocycles. The van der Waals surface area contributed by atoms with Gasteiger partial charge < -0.3 is 0 Å². The SMILES string of the molecule is O=C(CC1CC1)CC1Cc2ccccc21. The minimum atomic E-state index is 0.483. The second-order valence-corrected chi connectivity index (χ2v) is 4.99. The van der Waals surface area contributed by atoms with E-state index in [-0.39, 0.29) is 0 Å². The second kappa shape index (κ2) is 3.48. The molecule has 0 bridgehead atoms. The third-order valence-electron chi connectivity index (χ3n) is 3.65. The average Bonchev–Trinajstić information content (AvgIpc) is 2.98. The van der Waals surface area contributed by atoms with E-state index in [1.54, 1.807) is 0 Å². The Morgan fingerprint density at radius 2 is 2.00 bits per heavy atom. The zero-order chi connectivity index (χ0) is 10.3. The highest BCUT2D eigenvalue weighted by atomic mass is 16.1. The monoisotopic (exact) mass is 200 g/mol. The van der Waals surface area contributed by atoms with Crippen molar-refractivity contribution in [3.63, 3.8) is 0 Å². The van der Waals surface area contributed by atoms with Gasteiger partial charge in [-0.05, 0) is 42.2 Å². The normalized spacial score (nSPS) is 23.1. The molecule has 1 atom stereocenters. The van der Waals surface area contributed by atoms with Gasteiger partial charge in [0.25, 0.3) is 0 Å². The van der Waals surface area contributed by atoms with Gasteiger partial charge in [-0.15, -0.1) is 0 Å². The molecule has 78 valence electrons. The van der Waals surface area contributed by atoms with Crippen LogP contribution in [0.15, 0.2) is 24.3 Å². The van der Waals surface area contributed by atoms with Gasteiger partial charge >= 0.3 is 0 Å². The van der Waals surface area contributed by atoms with Crippen molar-refractivity contribution in [3.8, 4) is 0 Å². The molecule has 0 aromatic heterocycles. The summed E-state index contributed by atoms with van der Waals surface area (Å²) in [6.07, 6.45) is 5.32. The van der Waals surface area contributed by atoms with E-state index in [4.69, 9.17) is 0 Å². The Labute approximate surface area is 90.5 Å². The van der Waals surface area contributed by atoms with Crippen molar-refractivity contribution in [1.82, 2.24) is 0 Å². The van der Waals surface area contributed by atoms with Crippen LogP contribution in [0.2, 0.25) is 0 Å². The number of ketones is 1. The van der Waals surface area contributed by atoms with Gasteiger partial charge in [-0.2, -0.15) is 0 Å². The summed E-state index contributed by atoms with van der Waals surface area (Å²) in [4.78, 5) is 11.7. The molecule has 0 saturated heterocycles. The van der Waals surface area contributed by atoms with Gasteiger partial charge in [0.15, 0.2) is 0 Å². The fourth-order valence-electron chi connectivity index (χ4n) is 2.55. The first-order valence-electron chi connectivity index (χ1n) is 5.92. The Bertz CT molecular complexity index is 390. The molecular weight excluding hydrogens is 184 g/mol. The molecule has 2 aliphatic rings. The molecule has 1 fully saturated rings. The summed E-state index contributed by atoms with van der Waals surface area (Å²) in [6.45, 7) is 0. The molecular formula is C14H16O. The first-order valence-corrected chi connectivity index (χ1v) is 5.92. The van der Waals surface area contributed by atoms with Crippen molar-refractivity contribution in [2.24, 2.45) is 5.92 Å². The van der Waals surface area contributed by atoms with Gasteiger partial charge in [-0.1, -0.05) is 24.3 Å². The maximum atomic E-state index is 11.7. The third kappa shape index (κ3) is 1.83. The van der Waals surface area contributed by atoms with Crippen LogP contribution in [-0.4, -0.2) is 5.78 Å². The summed E-state index contributed by atoms with van der Waals surface area (Å²) in [5.41, 5.74) is 2.86. The molecule has 15 heavy (non-hydrogen) atoms. The Hall–Kier alpha value is -1.11. The molecule has 0 radical (unpaired) electrons. The number of rotatable bonds is 4. The third-order valence-corrected chi connectivity index (χ3v) is 3.65. The van der Waals surface area contributed by atoms with Gasteiger partial charge in [0.05, 0.1) is 0 Å². The van der Waals surface area contributed by atoms with Gasteiger partial charge in [0, 0.05) is 12.8 Å². The number of carbonyl (C=O) groups excluding carboxylic acids is 1. The average molecular weight is 200 g/mol. The zero-order valence-electron chi connectivity index (χ0n) is 8.91. The van der Waals surface area contributed by atoms with Crippen LogP contribution in [0.1, 0.15) is 42.7 Å². The molecule has 0 amide bonds. The van der Waals surface area contributed by atoms with Crippen molar-refractivity contribution >= 4 is 5.78 Å². The maximum Gasteiger partial charge on any atom is 0.133 e. The highest BCUT2D eigenvalue weighted by Crippen LogP contribution is 2.39. The molecule has 1 aromatic carbocycles. The van der Waals surface area contributed by atoms with Gasteiger partial charge in [0.2, 0.25) is 0 Å². The van der Waals surface area contributed by atoms with Gasteiger partial charge in [-0.25, -0.2) is 0 Å². The van der Waals surface area contributed by atoms with Crippen molar-refractivity contribution < 1.29 is 4.79 Å². The summed E-state index contributed by atoms with van der Waals surface area (Å²) in [5, 5.41) is 0. The summed E-state index contributed by atoms with van der Waals surface area (Å²) >= 11 is 0. The lowest BCUT2D eigenvalue weighted by Gasteiger charge is -2.29. The zero-order valence-corrected chi connectivity index (χ0v) is 8.91. The topological polar surface area (TPSA) is 17.1 Å². The molecule has 1 heteroatoms. The number of carbonyl (C=O) groups is 1. The predicted octanol–water partition coefficient (Wildman–Crippen LogP) is 3.09. The Kier molecular flexibility index (Phi) is 2.12. The Balaban J connectivity index is 1.59. The van der Waals surface area contributed by atoms with E-state index < -0.39 is 0 Å². The molecule has 1 nitrogen and oxygen atoms in total. The lowest BCUT2D eigenvalue weighted by molar-refractivity contribution is -0.119. The molecule has 0 aliphatic heterocycles. The summed E-state index contributed by atoms with van der Waals surface area (Å²) in [7, 11) is 0. The lowest BCUT2D eigenvalue weighted by atomic mass is 9.75. The fraction of sp³-hybridized carbons (Fsp3) is 0.500. The van der Waals surface area contributed by atoms with Crippen molar-refractivity contribution in [1.29, 1.82) is 0 Å². The van der Waals surface area contributed by atoms with Crippen LogP contribution >= 0.6 is 0 Å². The van der Waals surface area contributed by atoms with E-state index in [1.165, 1.54) is 24.0 Å². The highest BCUT2D eigenvalue weighted by Gasteiger charge is 2.30. The quantitative estimate of drug-likeness (QED) is 0.730. The number of fused-ring (bicyclic) bond motifs is 1. The molecule has 3 rings (SSSR count). The number of hydrogen-bond acceptors (Lipinski definition) is 1. The minimum absolute atomic E-state index is 0.483. The van der Waals surface area contributed by atoms with Crippen LogP contribution in [0.4, 0.5) is 0 Å². The first-order chi connectivity index (χ1) is 7.33. The van der Waals surface area contributed by atoms with Crippen LogP contribution in [-0.2, 0) is 11.2 Å². The van der Waals surface area contributed by atoms with Gasteiger partial charge in [-0.3, -0.25) is 4.79 Å². The van der Waals surface area contributed by atoms with E-state index in [9.17, 15) is 4.79 Å². The fourth-order valence-corrected chi connectivity index (χ4v) is 2.55. The van der Waals surface area contributed by atoms with E-state index in [2.05, 4.69) is 24.3 Å². The van der Waals surface area contributed by atoms with Crippen LogP contribution in [0.25, 0.3) is 0 Å². The molecule has 1 unspecified atom stereocenters. The number of hydrogen-bond donors (Lipinski definition) is 0. The largest absolute Gasteiger partial charge is 0.300 e. The Morgan fingerprint density at radius 1 is 1.20 bits per heavy atom. The summed E-state index contributed by atoms with van der Waals surface area (Å²) in [6, 6.07) is 8.52. The smallest absolute Gasteiger partial charge is 0.133 e.